The Bertz CT molecular complexity index is 1080. The van der Waals surface area contributed by atoms with Gasteiger partial charge in [0.25, 0.3) is 0 Å². The molecule has 1 aliphatic heterocycles. The van der Waals surface area contributed by atoms with Gasteiger partial charge in [-0.2, -0.15) is 4.98 Å². The zero-order valence-electron chi connectivity index (χ0n) is 18.0. The number of carbonyl (C=O) groups excluding carboxylic acids is 1. The van der Waals surface area contributed by atoms with Crippen molar-refractivity contribution in [2.75, 3.05) is 13.1 Å². The first kappa shape index (κ1) is 20.8. The first-order valence-electron chi connectivity index (χ1n) is 11.3. The highest BCUT2D eigenvalue weighted by Crippen LogP contribution is 2.30. The van der Waals surface area contributed by atoms with Gasteiger partial charge in [0, 0.05) is 12.1 Å². The minimum atomic E-state index is -0.299. The number of aromatic nitrogens is 2. The molecule has 1 aromatic heterocycles. The summed E-state index contributed by atoms with van der Waals surface area (Å²) >= 11 is 0. The quantitative estimate of drug-likeness (QED) is 0.649. The molecule has 166 valence electrons. The van der Waals surface area contributed by atoms with Crippen molar-refractivity contribution in [1.82, 2.24) is 20.4 Å². The number of carbonyl (C=O) groups is 1. The van der Waals surface area contributed by atoms with Crippen LogP contribution in [-0.2, 0) is 17.8 Å². The molecule has 1 fully saturated rings. The number of likely N-dealkylation sites (tertiary alicyclic amines) is 1. The Morgan fingerprint density at radius 3 is 2.84 bits per heavy atom. The van der Waals surface area contributed by atoms with Crippen LogP contribution in [0.1, 0.15) is 48.7 Å². The summed E-state index contributed by atoms with van der Waals surface area (Å²) in [6.07, 6.45) is 5.03. The Labute approximate surface area is 186 Å². The van der Waals surface area contributed by atoms with Gasteiger partial charge in [-0.3, -0.25) is 9.69 Å². The van der Waals surface area contributed by atoms with Crippen molar-refractivity contribution in [3.05, 3.63) is 71.4 Å². The van der Waals surface area contributed by atoms with E-state index in [4.69, 9.17) is 4.52 Å². The van der Waals surface area contributed by atoms with Gasteiger partial charge in [0.1, 0.15) is 5.82 Å². The van der Waals surface area contributed by atoms with Crippen LogP contribution in [0.5, 0.6) is 0 Å². The van der Waals surface area contributed by atoms with Crippen LogP contribution in [0, 0.1) is 11.7 Å². The average Bonchev–Trinajstić information content (AvgIpc) is 3.28. The number of amides is 1. The minimum absolute atomic E-state index is 0.0441. The highest BCUT2D eigenvalue weighted by molar-refractivity contribution is 5.79. The molecule has 6 nitrogen and oxygen atoms in total. The molecule has 1 saturated heterocycles. The van der Waals surface area contributed by atoms with E-state index in [1.165, 1.54) is 23.3 Å². The standard InChI is InChI=1S/C25H27FN4O2/c26-20-12-10-18(11-13-20)24-28-23(32-29-24)16-30-14-4-7-19(15-30)25(31)27-22-9-3-6-17-5-1-2-8-21(17)22/h1-2,5,8,10-13,19,22H,3-4,6-7,9,14-16H2,(H,27,31). The Kier molecular flexibility index (Phi) is 5.99. The molecule has 0 saturated carbocycles. The summed E-state index contributed by atoms with van der Waals surface area (Å²) in [4.78, 5) is 19.7. The maximum atomic E-state index is 13.1. The van der Waals surface area contributed by atoms with Gasteiger partial charge < -0.3 is 9.84 Å². The number of nitrogens with one attached hydrogen (secondary N) is 1. The fourth-order valence-corrected chi connectivity index (χ4v) is 4.83. The van der Waals surface area contributed by atoms with E-state index in [2.05, 4.69) is 44.6 Å². The number of rotatable bonds is 5. The lowest BCUT2D eigenvalue weighted by molar-refractivity contribution is -0.127. The van der Waals surface area contributed by atoms with Crippen LogP contribution in [0.25, 0.3) is 11.4 Å². The van der Waals surface area contributed by atoms with E-state index in [1.807, 2.05) is 0 Å². The molecule has 2 heterocycles. The number of hydrogen-bond acceptors (Lipinski definition) is 5. The Balaban J connectivity index is 1.20. The molecule has 2 aromatic carbocycles. The van der Waals surface area contributed by atoms with Gasteiger partial charge >= 0.3 is 0 Å². The number of benzene rings is 2. The van der Waals surface area contributed by atoms with Gasteiger partial charge in [-0.1, -0.05) is 29.4 Å². The predicted molar refractivity (Wildman–Crippen MR) is 118 cm³/mol. The van der Waals surface area contributed by atoms with Crippen molar-refractivity contribution in [2.24, 2.45) is 5.92 Å². The zero-order chi connectivity index (χ0) is 21.9. The highest BCUT2D eigenvalue weighted by atomic mass is 19.1. The normalized spacial score (nSPS) is 21.2. The molecule has 5 rings (SSSR count). The number of fused-ring (bicyclic) bond motifs is 1. The predicted octanol–water partition coefficient (Wildman–Crippen LogP) is 4.28. The van der Waals surface area contributed by atoms with Crippen LogP contribution in [0.15, 0.2) is 53.1 Å². The van der Waals surface area contributed by atoms with Gasteiger partial charge in [0.15, 0.2) is 0 Å². The van der Waals surface area contributed by atoms with Gasteiger partial charge in [-0.25, -0.2) is 4.39 Å². The van der Waals surface area contributed by atoms with E-state index in [0.29, 0.717) is 30.4 Å². The molecular formula is C25H27FN4O2. The van der Waals surface area contributed by atoms with Crippen molar-refractivity contribution in [3.8, 4) is 11.4 Å². The van der Waals surface area contributed by atoms with Crippen molar-refractivity contribution < 1.29 is 13.7 Å². The number of piperidine rings is 1. The van der Waals surface area contributed by atoms with Crippen LogP contribution in [0.2, 0.25) is 0 Å². The topological polar surface area (TPSA) is 71.3 Å². The van der Waals surface area contributed by atoms with Gasteiger partial charge in [-0.05, 0) is 74.0 Å². The smallest absolute Gasteiger partial charge is 0.241 e. The lowest BCUT2D eigenvalue weighted by Gasteiger charge is -2.33. The van der Waals surface area contributed by atoms with E-state index in [9.17, 15) is 9.18 Å². The molecule has 3 aromatic rings. The number of hydrogen-bond donors (Lipinski definition) is 1. The molecule has 2 atom stereocenters. The molecule has 2 unspecified atom stereocenters. The fraction of sp³-hybridized carbons (Fsp3) is 0.400. The van der Waals surface area contributed by atoms with Crippen molar-refractivity contribution in [2.45, 2.75) is 44.7 Å². The molecule has 2 aliphatic rings. The summed E-state index contributed by atoms with van der Waals surface area (Å²) in [7, 11) is 0. The van der Waals surface area contributed by atoms with Crippen molar-refractivity contribution >= 4 is 5.91 Å². The summed E-state index contributed by atoms with van der Waals surface area (Å²) in [6, 6.07) is 14.6. The molecule has 0 bridgehead atoms. The van der Waals surface area contributed by atoms with Gasteiger partial charge in [0.2, 0.25) is 17.6 Å². The van der Waals surface area contributed by atoms with E-state index in [1.54, 1.807) is 12.1 Å². The molecule has 1 aliphatic carbocycles. The first-order chi connectivity index (χ1) is 15.7. The summed E-state index contributed by atoms with van der Waals surface area (Å²) in [5.74, 6) is 0.743. The van der Waals surface area contributed by atoms with Crippen molar-refractivity contribution in [3.63, 3.8) is 0 Å². The van der Waals surface area contributed by atoms with E-state index < -0.39 is 0 Å². The van der Waals surface area contributed by atoms with E-state index in [0.717, 1.165) is 38.6 Å². The summed E-state index contributed by atoms with van der Waals surface area (Å²) in [5.41, 5.74) is 3.33. The zero-order valence-corrected chi connectivity index (χ0v) is 18.0. The molecule has 0 spiro atoms. The van der Waals surface area contributed by atoms with Crippen LogP contribution in [-0.4, -0.2) is 34.0 Å². The van der Waals surface area contributed by atoms with Crippen molar-refractivity contribution in [1.29, 1.82) is 0 Å². The van der Waals surface area contributed by atoms with Crippen LogP contribution < -0.4 is 5.32 Å². The number of aryl methyl sites for hydroxylation is 1. The molecule has 7 heteroatoms. The van der Waals surface area contributed by atoms with Crippen LogP contribution in [0.4, 0.5) is 4.39 Å². The third-order valence-electron chi connectivity index (χ3n) is 6.49. The maximum absolute atomic E-state index is 13.1. The van der Waals surface area contributed by atoms with Crippen LogP contribution in [0.3, 0.4) is 0 Å². The number of halogens is 1. The van der Waals surface area contributed by atoms with Crippen LogP contribution >= 0.6 is 0 Å². The lowest BCUT2D eigenvalue weighted by atomic mass is 9.87. The summed E-state index contributed by atoms with van der Waals surface area (Å²) in [6.45, 7) is 2.07. The second-order valence-electron chi connectivity index (χ2n) is 8.75. The monoisotopic (exact) mass is 434 g/mol. The summed E-state index contributed by atoms with van der Waals surface area (Å²) in [5, 5.41) is 7.33. The van der Waals surface area contributed by atoms with Gasteiger partial charge in [-0.15, -0.1) is 0 Å². The van der Waals surface area contributed by atoms with Gasteiger partial charge in [0.05, 0.1) is 18.5 Å². The number of nitrogens with zero attached hydrogens (tertiary/aromatic N) is 3. The second kappa shape index (κ2) is 9.20. The minimum Gasteiger partial charge on any atom is -0.349 e. The molecular weight excluding hydrogens is 407 g/mol. The van der Waals surface area contributed by atoms with E-state index >= 15 is 0 Å². The third kappa shape index (κ3) is 4.58. The molecule has 1 amide bonds. The Morgan fingerprint density at radius 1 is 1.12 bits per heavy atom. The average molecular weight is 435 g/mol. The highest BCUT2D eigenvalue weighted by Gasteiger charge is 2.29. The van der Waals surface area contributed by atoms with E-state index in [-0.39, 0.29) is 23.7 Å². The molecule has 32 heavy (non-hydrogen) atoms. The molecule has 0 radical (unpaired) electrons. The molecule has 1 N–H and O–H groups in total. The maximum Gasteiger partial charge on any atom is 0.241 e. The summed E-state index contributed by atoms with van der Waals surface area (Å²) < 4.78 is 18.5. The SMILES string of the molecule is O=C(NC1CCCc2ccccc21)C1CCCN(Cc2nc(-c3ccc(F)cc3)no2)C1. The first-order valence-corrected chi connectivity index (χ1v) is 11.3. The Hall–Kier alpha value is -3.06. The Morgan fingerprint density at radius 2 is 1.97 bits per heavy atom. The largest absolute Gasteiger partial charge is 0.349 e. The second-order valence-corrected chi connectivity index (χ2v) is 8.75. The third-order valence-corrected chi connectivity index (χ3v) is 6.49. The fourth-order valence-electron chi connectivity index (χ4n) is 4.83. The lowest BCUT2D eigenvalue weighted by Crippen LogP contribution is -2.44.